The summed E-state index contributed by atoms with van der Waals surface area (Å²) in [6.45, 7) is 0. The second-order valence-electron chi connectivity index (χ2n) is 2.92. The number of hydrogen-bond acceptors (Lipinski definition) is 2. The Hall–Kier alpha value is -1.78. The van der Waals surface area contributed by atoms with Gasteiger partial charge < -0.3 is 4.52 Å². The molecule has 0 aliphatic rings. The van der Waals surface area contributed by atoms with Crippen molar-refractivity contribution in [2.45, 2.75) is 6.43 Å². The molecule has 0 saturated carbocycles. The number of alkyl halides is 2. The lowest BCUT2D eigenvalue weighted by atomic mass is 10.1. The first kappa shape index (κ1) is 9.76. The molecule has 1 aromatic heterocycles. The lowest BCUT2D eigenvalue weighted by Crippen LogP contribution is -1.78. The molecular formula is C10H6F3NO. The van der Waals surface area contributed by atoms with Gasteiger partial charge in [0.2, 0.25) is 5.76 Å². The summed E-state index contributed by atoms with van der Waals surface area (Å²) >= 11 is 0. The van der Waals surface area contributed by atoms with Gasteiger partial charge in [-0.25, -0.2) is 13.2 Å². The van der Waals surface area contributed by atoms with Crippen LogP contribution in [0, 0.1) is 5.82 Å². The molecule has 0 spiro atoms. The maximum Gasteiger partial charge on any atom is 0.298 e. The van der Waals surface area contributed by atoms with Crippen molar-refractivity contribution < 1.29 is 17.7 Å². The van der Waals surface area contributed by atoms with Crippen molar-refractivity contribution in [2.75, 3.05) is 0 Å². The Morgan fingerprint density at radius 2 is 1.80 bits per heavy atom. The van der Waals surface area contributed by atoms with E-state index in [0.29, 0.717) is 5.56 Å². The van der Waals surface area contributed by atoms with Gasteiger partial charge in [-0.1, -0.05) is 5.16 Å². The molecule has 0 fully saturated rings. The van der Waals surface area contributed by atoms with Gasteiger partial charge in [0.1, 0.15) is 11.5 Å². The predicted octanol–water partition coefficient (Wildman–Crippen LogP) is 3.42. The summed E-state index contributed by atoms with van der Waals surface area (Å²) in [6.07, 6.45) is -2.69. The van der Waals surface area contributed by atoms with Gasteiger partial charge in [-0.15, -0.1) is 0 Å². The monoisotopic (exact) mass is 213 g/mol. The summed E-state index contributed by atoms with van der Waals surface area (Å²) in [4.78, 5) is 0. The number of nitrogens with zero attached hydrogens (tertiary/aromatic N) is 1. The van der Waals surface area contributed by atoms with Crippen molar-refractivity contribution in [3.63, 3.8) is 0 Å². The van der Waals surface area contributed by atoms with E-state index in [1.165, 1.54) is 24.3 Å². The third kappa shape index (κ3) is 2.01. The molecule has 0 atom stereocenters. The Morgan fingerprint density at radius 1 is 1.13 bits per heavy atom. The summed E-state index contributed by atoms with van der Waals surface area (Å²) < 4.78 is 41.3. The number of benzene rings is 1. The van der Waals surface area contributed by atoms with E-state index >= 15 is 0 Å². The number of aromatic nitrogens is 1. The molecule has 0 unspecified atom stereocenters. The average Bonchev–Trinajstić information content (AvgIpc) is 2.68. The van der Waals surface area contributed by atoms with Gasteiger partial charge in [0.05, 0.1) is 0 Å². The molecule has 78 valence electrons. The van der Waals surface area contributed by atoms with Crippen molar-refractivity contribution in [3.05, 3.63) is 41.9 Å². The molecule has 0 aliphatic carbocycles. The van der Waals surface area contributed by atoms with Crippen molar-refractivity contribution in [1.82, 2.24) is 5.16 Å². The molecule has 1 heterocycles. The van der Waals surface area contributed by atoms with Crippen LogP contribution in [0.2, 0.25) is 0 Å². The first-order chi connectivity index (χ1) is 7.16. The summed E-state index contributed by atoms with van der Waals surface area (Å²) in [5.41, 5.74) is 0.803. The molecule has 2 aromatic rings. The van der Waals surface area contributed by atoms with E-state index in [1.54, 1.807) is 0 Å². The van der Waals surface area contributed by atoms with E-state index < -0.39 is 18.0 Å². The number of rotatable bonds is 2. The molecule has 0 N–H and O–H groups in total. The van der Waals surface area contributed by atoms with Crippen molar-refractivity contribution in [2.24, 2.45) is 0 Å². The summed E-state index contributed by atoms with van der Waals surface area (Å²) in [5.74, 6) is -0.884. The Bertz CT molecular complexity index is 450. The molecule has 5 heteroatoms. The highest BCUT2D eigenvalue weighted by Gasteiger charge is 2.14. The molecule has 0 aliphatic heterocycles. The summed E-state index contributed by atoms with van der Waals surface area (Å²) in [7, 11) is 0. The SMILES string of the molecule is Fc1ccc(-c2cc(C(F)F)on2)cc1. The molecule has 1 aromatic carbocycles. The van der Waals surface area contributed by atoms with Crippen LogP contribution in [-0.2, 0) is 0 Å². The zero-order chi connectivity index (χ0) is 10.8. The van der Waals surface area contributed by atoms with E-state index in [0.717, 1.165) is 6.07 Å². The van der Waals surface area contributed by atoms with Crippen LogP contribution in [-0.4, -0.2) is 5.16 Å². The van der Waals surface area contributed by atoms with E-state index in [9.17, 15) is 13.2 Å². The fourth-order valence-electron chi connectivity index (χ4n) is 1.15. The smallest absolute Gasteiger partial charge is 0.298 e. The highest BCUT2D eigenvalue weighted by molar-refractivity contribution is 5.58. The minimum atomic E-state index is -2.69. The zero-order valence-electron chi connectivity index (χ0n) is 7.45. The number of hydrogen-bond donors (Lipinski definition) is 0. The van der Waals surface area contributed by atoms with Gasteiger partial charge in [-0.3, -0.25) is 0 Å². The molecule has 0 radical (unpaired) electrons. The minimum Gasteiger partial charge on any atom is -0.355 e. The van der Waals surface area contributed by atoms with Gasteiger partial charge in [-0.2, -0.15) is 0 Å². The zero-order valence-corrected chi connectivity index (χ0v) is 7.45. The molecule has 0 saturated heterocycles. The molecule has 2 rings (SSSR count). The van der Waals surface area contributed by atoms with Crippen molar-refractivity contribution >= 4 is 0 Å². The van der Waals surface area contributed by atoms with Crippen LogP contribution in [0.4, 0.5) is 13.2 Å². The summed E-state index contributed by atoms with van der Waals surface area (Å²) in [5, 5.41) is 3.46. The quantitative estimate of drug-likeness (QED) is 0.763. The highest BCUT2D eigenvalue weighted by Crippen LogP contribution is 2.25. The van der Waals surface area contributed by atoms with Crippen LogP contribution in [0.5, 0.6) is 0 Å². The average molecular weight is 213 g/mol. The van der Waals surface area contributed by atoms with E-state index in [2.05, 4.69) is 9.68 Å². The van der Waals surface area contributed by atoms with Gasteiger partial charge in [0.15, 0.2) is 0 Å². The fraction of sp³-hybridized carbons (Fsp3) is 0.100. The Kier molecular flexibility index (Phi) is 2.45. The topological polar surface area (TPSA) is 26.0 Å². The molecule has 0 amide bonds. The van der Waals surface area contributed by atoms with Crippen LogP contribution in [0.3, 0.4) is 0 Å². The lowest BCUT2D eigenvalue weighted by Gasteiger charge is -1.93. The van der Waals surface area contributed by atoms with Crippen LogP contribution in [0.25, 0.3) is 11.3 Å². The standard InChI is InChI=1S/C10H6F3NO/c11-7-3-1-6(2-4-7)8-5-9(10(12)13)15-14-8/h1-5,10H. The van der Waals surface area contributed by atoms with Gasteiger partial charge >= 0.3 is 0 Å². The Labute approximate surface area is 83.3 Å². The van der Waals surface area contributed by atoms with E-state index in [-0.39, 0.29) is 5.69 Å². The second kappa shape index (κ2) is 3.76. The number of halogens is 3. The van der Waals surface area contributed by atoms with Crippen LogP contribution >= 0.6 is 0 Å². The Balaban J connectivity index is 2.33. The van der Waals surface area contributed by atoms with E-state index in [1.807, 2.05) is 0 Å². The molecule has 2 nitrogen and oxygen atoms in total. The van der Waals surface area contributed by atoms with Crippen LogP contribution in [0.15, 0.2) is 34.9 Å². The van der Waals surface area contributed by atoms with E-state index in [4.69, 9.17) is 0 Å². The molecular weight excluding hydrogens is 207 g/mol. The normalized spacial score (nSPS) is 10.9. The maximum atomic E-state index is 12.6. The largest absolute Gasteiger partial charge is 0.355 e. The first-order valence-electron chi connectivity index (χ1n) is 4.17. The van der Waals surface area contributed by atoms with Gasteiger partial charge in [0, 0.05) is 11.6 Å². The summed E-state index contributed by atoms with van der Waals surface area (Å²) in [6, 6.07) is 6.49. The third-order valence-electron chi connectivity index (χ3n) is 1.88. The fourth-order valence-corrected chi connectivity index (χ4v) is 1.15. The van der Waals surface area contributed by atoms with Crippen LogP contribution < -0.4 is 0 Å². The Morgan fingerprint density at radius 3 is 2.33 bits per heavy atom. The molecule has 15 heavy (non-hydrogen) atoms. The highest BCUT2D eigenvalue weighted by atomic mass is 19.3. The van der Waals surface area contributed by atoms with Gasteiger partial charge in [-0.05, 0) is 24.3 Å². The lowest BCUT2D eigenvalue weighted by molar-refractivity contribution is 0.112. The third-order valence-corrected chi connectivity index (χ3v) is 1.88. The molecule has 0 bridgehead atoms. The van der Waals surface area contributed by atoms with Gasteiger partial charge in [0.25, 0.3) is 6.43 Å². The maximum absolute atomic E-state index is 12.6. The predicted molar refractivity (Wildman–Crippen MR) is 46.9 cm³/mol. The minimum absolute atomic E-state index is 0.269. The first-order valence-corrected chi connectivity index (χ1v) is 4.17. The second-order valence-corrected chi connectivity index (χ2v) is 2.92. The van der Waals surface area contributed by atoms with Crippen molar-refractivity contribution in [3.8, 4) is 11.3 Å². The van der Waals surface area contributed by atoms with Crippen LogP contribution in [0.1, 0.15) is 12.2 Å². The van der Waals surface area contributed by atoms with Crippen molar-refractivity contribution in [1.29, 1.82) is 0 Å².